The molecule has 0 saturated heterocycles. The molecule has 0 bridgehead atoms. The van der Waals surface area contributed by atoms with Gasteiger partial charge in [-0.3, -0.25) is 18.8 Å². The van der Waals surface area contributed by atoms with E-state index in [-0.39, 0.29) is 24.4 Å². The zero-order chi connectivity index (χ0) is 21.8. The third-order valence-corrected chi connectivity index (χ3v) is 5.48. The van der Waals surface area contributed by atoms with E-state index in [4.69, 9.17) is 0 Å². The van der Waals surface area contributed by atoms with Gasteiger partial charge in [0, 0.05) is 30.8 Å². The fourth-order valence-corrected chi connectivity index (χ4v) is 3.66. The highest BCUT2D eigenvalue weighted by molar-refractivity contribution is 5.77. The Hall–Kier alpha value is -3.74. The average molecular weight is 415 g/mol. The molecule has 0 spiro atoms. The molecule has 158 valence electrons. The molecule has 4 rings (SSSR count). The fourth-order valence-electron chi connectivity index (χ4n) is 3.66. The van der Waals surface area contributed by atoms with E-state index < -0.39 is 0 Å². The highest BCUT2D eigenvalue weighted by Crippen LogP contribution is 2.15. The van der Waals surface area contributed by atoms with E-state index in [9.17, 15) is 9.59 Å². The van der Waals surface area contributed by atoms with Crippen molar-refractivity contribution in [3.8, 4) is 0 Å². The van der Waals surface area contributed by atoms with Gasteiger partial charge in [0.25, 0.3) is 5.56 Å². The van der Waals surface area contributed by atoms with Crippen molar-refractivity contribution >= 4 is 16.8 Å². The molecule has 0 fully saturated rings. The van der Waals surface area contributed by atoms with Crippen LogP contribution in [0.15, 0.2) is 65.7 Å². The molecule has 1 amide bonds. The van der Waals surface area contributed by atoms with Crippen LogP contribution in [0.25, 0.3) is 10.9 Å². The summed E-state index contributed by atoms with van der Waals surface area (Å²) in [5.41, 5.74) is 4.67. The van der Waals surface area contributed by atoms with Gasteiger partial charge in [0.1, 0.15) is 0 Å². The van der Waals surface area contributed by atoms with Crippen LogP contribution in [0.5, 0.6) is 0 Å². The summed E-state index contributed by atoms with van der Waals surface area (Å²) in [7, 11) is 0. The van der Waals surface area contributed by atoms with Gasteiger partial charge in [-0.25, -0.2) is 4.98 Å². The zero-order valence-electron chi connectivity index (χ0n) is 17.7. The zero-order valence-corrected chi connectivity index (χ0v) is 17.7. The molecule has 7 heteroatoms. The number of nitrogens with one attached hydrogen (secondary N) is 1. The highest BCUT2D eigenvalue weighted by atomic mass is 16.1. The van der Waals surface area contributed by atoms with E-state index in [1.807, 2.05) is 48.9 Å². The van der Waals surface area contributed by atoms with Crippen LogP contribution in [-0.2, 0) is 24.4 Å². The minimum Gasteiger partial charge on any atom is -0.352 e. The topological polar surface area (TPSA) is 81.8 Å². The quantitative estimate of drug-likeness (QED) is 0.503. The summed E-state index contributed by atoms with van der Waals surface area (Å²) >= 11 is 0. The molecule has 0 radical (unpaired) electrons. The Bertz CT molecular complexity index is 1270. The summed E-state index contributed by atoms with van der Waals surface area (Å²) in [4.78, 5) is 29.2. The molecular weight excluding hydrogens is 390 g/mol. The maximum Gasteiger partial charge on any atom is 0.261 e. The second-order valence-electron chi connectivity index (χ2n) is 7.58. The van der Waals surface area contributed by atoms with Crippen molar-refractivity contribution < 1.29 is 4.79 Å². The number of fused-ring (bicyclic) bond motifs is 1. The van der Waals surface area contributed by atoms with Crippen LogP contribution in [0.3, 0.4) is 0 Å². The third kappa shape index (κ3) is 4.55. The van der Waals surface area contributed by atoms with Crippen molar-refractivity contribution in [2.75, 3.05) is 0 Å². The lowest BCUT2D eigenvalue weighted by atomic mass is 10.2. The molecule has 2 aromatic heterocycles. The molecule has 0 saturated carbocycles. The standard InChI is InChI=1S/C24H25N5O2/c1-17-21(18(2)29(27-17)15-19-8-4-3-5-9-19)14-25-23(30)12-13-28-16-26-22-11-7-6-10-20(22)24(28)31/h3-11,16H,12-15H2,1-2H3,(H,25,30). The maximum atomic E-state index is 12.5. The number of hydrogen-bond donors (Lipinski definition) is 1. The van der Waals surface area contributed by atoms with E-state index in [0.29, 0.717) is 24.0 Å². The first kappa shape index (κ1) is 20.5. The molecule has 1 N–H and O–H groups in total. The molecular formula is C24H25N5O2. The van der Waals surface area contributed by atoms with Crippen molar-refractivity contribution in [3.63, 3.8) is 0 Å². The van der Waals surface area contributed by atoms with E-state index in [0.717, 1.165) is 17.0 Å². The number of nitrogens with zero attached hydrogens (tertiary/aromatic N) is 4. The molecule has 31 heavy (non-hydrogen) atoms. The van der Waals surface area contributed by atoms with Gasteiger partial charge in [-0.2, -0.15) is 5.10 Å². The Kier molecular flexibility index (Phi) is 5.93. The highest BCUT2D eigenvalue weighted by Gasteiger charge is 2.13. The predicted octanol–water partition coefficient (Wildman–Crippen LogP) is 2.96. The summed E-state index contributed by atoms with van der Waals surface area (Å²) < 4.78 is 3.45. The number of para-hydroxylation sites is 1. The van der Waals surface area contributed by atoms with Gasteiger partial charge >= 0.3 is 0 Å². The fraction of sp³-hybridized carbons (Fsp3) is 0.250. The molecule has 4 aromatic rings. The van der Waals surface area contributed by atoms with Crippen LogP contribution in [0.1, 0.15) is 28.9 Å². The monoisotopic (exact) mass is 415 g/mol. The van der Waals surface area contributed by atoms with E-state index in [1.165, 1.54) is 16.5 Å². The van der Waals surface area contributed by atoms with Gasteiger partial charge < -0.3 is 5.32 Å². The molecule has 2 aromatic carbocycles. The number of aryl methyl sites for hydroxylation is 2. The second kappa shape index (κ2) is 8.95. The van der Waals surface area contributed by atoms with Crippen molar-refractivity contribution in [1.82, 2.24) is 24.6 Å². The van der Waals surface area contributed by atoms with Crippen LogP contribution in [0.2, 0.25) is 0 Å². The number of benzene rings is 2. The molecule has 0 atom stereocenters. The van der Waals surface area contributed by atoms with Crippen LogP contribution in [-0.4, -0.2) is 25.2 Å². The lowest BCUT2D eigenvalue weighted by Gasteiger charge is -2.09. The summed E-state index contributed by atoms with van der Waals surface area (Å²) in [6, 6.07) is 17.4. The lowest BCUT2D eigenvalue weighted by Crippen LogP contribution is -2.27. The van der Waals surface area contributed by atoms with E-state index >= 15 is 0 Å². The van der Waals surface area contributed by atoms with E-state index in [1.54, 1.807) is 12.1 Å². The van der Waals surface area contributed by atoms with Crippen LogP contribution >= 0.6 is 0 Å². The van der Waals surface area contributed by atoms with Gasteiger partial charge in [0.2, 0.25) is 5.91 Å². The van der Waals surface area contributed by atoms with Crippen molar-refractivity contribution in [3.05, 3.63) is 93.8 Å². The number of rotatable bonds is 7. The number of carbonyl (C=O) groups is 1. The minimum absolute atomic E-state index is 0.116. The van der Waals surface area contributed by atoms with Crippen LogP contribution < -0.4 is 10.9 Å². The third-order valence-electron chi connectivity index (χ3n) is 5.48. The Morgan fingerprint density at radius 3 is 2.58 bits per heavy atom. The van der Waals surface area contributed by atoms with Gasteiger partial charge in [-0.1, -0.05) is 42.5 Å². The van der Waals surface area contributed by atoms with Gasteiger partial charge in [0.05, 0.1) is 29.5 Å². The predicted molar refractivity (Wildman–Crippen MR) is 120 cm³/mol. The van der Waals surface area contributed by atoms with Crippen molar-refractivity contribution in [1.29, 1.82) is 0 Å². The smallest absolute Gasteiger partial charge is 0.261 e. The van der Waals surface area contributed by atoms with Gasteiger partial charge in [-0.15, -0.1) is 0 Å². The summed E-state index contributed by atoms with van der Waals surface area (Å²) in [5, 5.41) is 8.14. The molecule has 0 unspecified atom stereocenters. The first-order valence-electron chi connectivity index (χ1n) is 10.3. The van der Waals surface area contributed by atoms with Crippen molar-refractivity contribution in [2.45, 2.75) is 39.9 Å². The lowest BCUT2D eigenvalue weighted by molar-refractivity contribution is -0.121. The van der Waals surface area contributed by atoms with Gasteiger partial charge in [-0.05, 0) is 31.5 Å². The molecule has 2 heterocycles. The molecule has 0 aliphatic heterocycles. The summed E-state index contributed by atoms with van der Waals surface area (Å²) in [5.74, 6) is -0.116. The molecule has 0 aliphatic rings. The largest absolute Gasteiger partial charge is 0.352 e. The van der Waals surface area contributed by atoms with Gasteiger partial charge in [0.15, 0.2) is 0 Å². The Labute approximate surface area is 180 Å². The first-order chi connectivity index (χ1) is 15.0. The summed E-state index contributed by atoms with van der Waals surface area (Å²) in [6.07, 6.45) is 1.70. The van der Waals surface area contributed by atoms with E-state index in [2.05, 4.69) is 27.5 Å². The maximum absolute atomic E-state index is 12.5. The minimum atomic E-state index is -0.132. The second-order valence-corrected chi connectivity index (χ2v) is 7.58. The number of amides is 1. The van der Waals surface area contributed by atoms with Crippen LogP contribution in [0, 0.1) is 13.8 Å². The first-order valence-corrected chi connectivity index (χ1v) is 10.3. The SMILES string of the molecule is Cc1nn(Cc2ccccc2)c(C)c1CNC(=O)CCn1cnc2ccccc2c1=O. The van der Waals surface area contributed by atoms with Crippen LogP contribution in [0.4, 0.5) is 0 Å². The average Bonchev–Trinajstić information content (AvgIpc) is 3.05. The Balaban J connectivity index is 1.37. The number of carbonyl (C=O) groups excluding carboxylic acids is 1. The molecule has 7 nitrogen and oxygen atoms in total. The normalized spacial score (nSPS) is 11.0. The number of hydrogen-bond acceptors (Lipinski definition) is 4. The summed E-state index contributed by atoms with van der Waals surface area (Å²) in [6.45, 7) is 5.37. The Morgan fingerprint density at radius 1 is 1.03 bits per heavy atom. The number of aromatic nitrogens is 4. The van der Waals surface area contributed by atoms with Crippen molar-refractivity contribution in [2.24, 2.45) is 0 Å². The molecule has 0 aliphatic carbocycles. The Morgan fingerprint density at radius 2 is 1.77 bits per heavy atom.